The molecule has 0 aliphatic carbocycles. The minimum absolute atomic E-state index is 0. The molecular formula is C48H40AuN16-2. The molecule has 0 amide bonds. The van der Waals surface area contributed by atoms with E-state index in [1.54, 1.807) is 0 Å². The van der Waals surface area contributed by atoms with Crippen LogP contribution >= 0.6 is 0 Å². The van der Waals surface area contributed by atoms with E-state index in [2.05, 4.69) is 21.3 Å². The fourth-order valence-corrected chi connectivity index (χ4v) is 7.77. The van der Waals surface area contributed by atoms with Crippen LogP contribution in [0.4, 0.5) is 22.7 Å². The Bertz CT molecular complexity index is 2830. The summed E-state index contributed by atoms with van der Waals surface area (Å²) < 4.78 is 0. The van der Waals surface area contributed by atoms with Crippen LogP contribution in [0.2, 0.25) is 0 Å². The average Bonchev–Trinajstić information content (AvgIpc) is 4.11. The molecule has 2 aliphatic rings. The molecule has 0 saturated heterocycles. The van der Waals surface area contributed by atoms with Crippen LogP contribution < -0.4 is 54.2 Å². The van der Waals surface area contributed by atoms with E-state index >= 15 is 0 Å². The van der Waals surface area contributed by atoms with E-state index in [9.17, 15) is 0 Å². The molecule has 9 rings (SSSR count). The van der Waals surface area contributed by atoms with Crippen LogP contribution in [-0.4, -0.2) is 33.8 Å². The van der Waals surface area contributed by atoms with Gasteiger partial charge in [-0.2, -0.15) is 0 Å². The van der Waals surface area contributed by atoms with Gasteiger partial charge in [0.2, 0.25) is 0 Å². The number of anilines is 4. The number of guanidine groups is 4. The van der Waals surface area contributed by atoms with E-state index in [4.69, 9.17) is 64.5 Å². The zero-order valence-corrected chi connectivity index (χ0v) is 36.4. The Morgan fingerprint density at radius 3 is 0.723 bits per heavy atom. The zero-order valence-electron chi connectivity index (χ0n) is 34.3. The van der Waals surface area contributed by atoms with Gasteiger partial charge in [-0.15, -0.1) is 22.1 Å². The Kier molecular flexibility index (Phi) is 11.9. The summed E-state index contributed by atoms with van der Waals surface area (Å²) in [5.74, 6) is -0.688. The maximum Gasteiger partial charge on any atom is 0.190 e. The van der Waals surface area contributed by atoms with Crippen molar-refractivity contribution in [1.82, 2.24) is 19.9 Å². The van der Waals surface area contributed by atoms with Crippen molar-refractivity contribution >= 4 is 93.0 Å². The van der Waals surface area contributed by atoms with E-state index < -0.39 is 0 Å². The topological polar surface area (TPSA) is 302 Å². The van der Waals surface area contributed by atoms with E-state index in [0.29, 0.717) is 67.6 Å². The minimum atomic E-state index is -0.172. The second-order valence-electron chi connectivity index (χ2n) is 14.8. The number of hydrogen-bond donors (Lipinski definition) is 12. The molecule has 16 nitrogen and oxygen atoms in total. The first kappa shape index (κ1) is 43.0. The van der Waals surface area contributed by atoms with Crippen molar-refractivity contribution in [3.63, 3.8) is 0 Å². The minimum Gasteiger partial charge on any atom is -0.657 e. The van der Waals surface area contributed by atoms with Crippen LogP contribution in [0.5, 0.6) is 0 Å². The maximum atomic E-state index is 7.74. The summed E-state index contributed by atoms with van der Waals surface area (Å²) in [4.78, 5) is 21.2. The fourth-order valence-electron chi connectivity index (χ4n) is 7.77. The molecule has 0 spiro atoms. The molecule has 5 heterocycles. The molecule has 7 aromatic rings. The molecule has 0 fully saturated rings. The smallest absolute Gasteiger partial charge is 0.190 e. The van der Waals surface area contributed by atoms with E-state index in [0.717, 1.165) is 44.5 Å². The summed E-state index contributed by atoms with van der Waals surface area (Å²) in [5, 5.41) is 42.4. The van der Waals surface area contributed by atoms with E-state index in [1.165, 1.54) is 0 Å². The Morgan fingerprint density at radius 2 is 0.538 bits per heavy atom. The zero-order chi connectivity index (χ0) is 44.5. The average molecular weight is 1040 g/mol. The molecule has 4 aromatic carbocycles. The predicted molar refractivity (Wildman–Crippen MR) is 261 cm³/mol. The van der Waals surface area contributed by atoms with Crippen molar-refractivity contribution in [3.05, 3.63) is 144 Å². The monoisotopic (exact) mass is 1040 g/mol. The molecule has 65 heavy (non-hydrogen) atoms. The SMILES string of the molecule is N=C(N)Nc1ccc(-c2c3nc(c(-c4ccc(NC(=N)N)cc4)c4ccc([n-]4)c(-c4ccc(NC(=N)N)cc4)c4nc(c(-c5ccc(NC(=N)N)cc5)c5ccc2[n-]5)C=C4)C=C3)cc1.[Au]. The van der Waals surface area contributed by atoms with E-state index in [1.807, 2.05) is 146 Å². The van der Waals surface area contributed by atoms with Crippen LogP contribution in [-0.2, 0) is 22.4 Å². The van der Waals surface area contributed by atoms with Gasteiger partial charge in [-0.05, 0) is 117 Å². The summed E-state index contributed by atoms with van der Waals surface area (Å²) in [6.07, 6.45) is 7.88. The van der Waals surface area contributed by atoms with Gasteiger partial charge in [-0.3, -0.25) is 21.6 Å². The van der Waals surface area contributed by atoms with Gasteiger partial charge in [0.05, 0.1) is 22.8 Å². The Balaban J connectivity index is 0.00000576. The van der Waals surface area contributed by atoms with Gasteiger partial charge in [-0.1, -0.05) is 72.8 Å². The molecular weight excluding hydrogens is 998 g/mol. The molecule has 0 saturated carbocycles. The molecule has 0 atom stereocenters. The first-order chi connectivity index (χ1) is 30.9. The van der Waals surface area contributed by atoms with Gasteiger partial charge >= 0.3 is 0 Å². The number of nitrogens with two attached hydrogens (primary N) is 4. The summed E-state index contributed by atoms with van der Waals surface area (Å²) >= 11 is 0. The number of aromatic nitrogens is 4. The fraction of sp³-hybridized carbons (Fsp3) is 0. The molecule has 0 unspecified atom stereocenters. The Morgan fingerprint density at radius 1 is 0.338 bits per heavy atom. The first-order valence-electron chi connectivity index (χ1n) is 19.9. The van der Waals surface area contributed by atoms with Crippen LogP contribution in [0.1, 0.15) is 22.8 Å². The quantitative estimate of drug-likeness (QED) is 0.0394. The van der Waals surface area contributed by atoms with Crippen LogP contribution in [0.15, 0.2) is 121 Å². The molecule has 325 valence electrons. The molecule has 16 N–H and O–H groups in total. The number of rotatable bonds is 8. The summed E-state index contributed by atoms with van der Waals surface area (Å²) in [5.41, 5.74) is 37.0. The third-order valence-electron chi connectivity index (χ3n) is 10.4. The second-order valence-corrected chi connectivity index (χ2v) is 14.8. The van der Waals surface area contributed by atoms with Crippen molar-refractivity contribution in [2.75, 3.05) is 21.3 Å². The molecule has 3 aromatic heterocycles. The van der Waals surface area contributed by atoms with Crippen molar-refractivity contribution in [3.8, 4) is 44.5 Å². The van der Waals surface area contributed by atoms with Gasteiger partial charge in [-0.25, -0.2) is 9.97 Å². The summed E-state index contributed by atoms with van der Waals surface area (Å²) in [6.45, 7) is 0. The van der Waals surface area contributed by atoms with Crippen molar-refractivity contribution in [2.24, 2.45) is 22.9 Å². The Labute approximate surface area is 387 Å². The Hall–Kier alpha value is -8.70. The standard InChI is InChI=1S/C48H40N16.Au/c49-45(50)57-29-9-1-25(2-10-29)41-33-17-19-35(61-33)42(26-3-11-30(12-4-26)58-46(51)52)37-21-23-39(63-37)44(28-7-15-32(16-8-28)60-48(55)56)40-24-22-38(64-40)43(36-20-18-34(41)62-36)27-5-13-31(14-6-27)59-47(53)54;/h1-24H,(H4,49,50,57)(H4,51,52,58)(H4,53,54,59)(H4,55,56,60);/q-2;. The van der Waals surface area contributed by atoms with Crippen molar-refractivity contribution < 1.29 is 22.4 Å². The second kappa shape index (κ2) is 18.0. The van der Waals surface area contributed by atoms with Gasteiger partial charge < -0.3 is 54.2 Å². The summed E-state index contributed by atoms with van der Waals surface area (Å²) in [6, 6.07) is 38.2. The number of hydrogen-bond acceptors (Lipinski definition) is 6. The van der Waals surface area contributed by atoms with Crippen molar-refractivity contribution in [2.45, 2.75) is 0 Å². The van der Waals surface area contributed by atoms with Gasteiger partial charge in [0.15, 0.2) is 23.8 Å². The normalized spacial score (nSPS) is 11.3. The molecule has 1 radical (unpaired) electrons. The third-order valence-corrected chi connectivity index (χ3v) is 10.4. The number of fused-ring (bicyclic) bond motifs is 8. The molecule has 2 aliphatic heterocycles. The predicted octanol–water partition coefficient (Wildman–Crippen LogP) is 7.80. The number of nitrogens with one attached hydrogen (secondary N) is 8. The van der Waals surface area contributed by atoms with E-state index in [-0.39, 0.29) is 46.2 Å². The van der Waals surface area contributed by atoms with Crippen LogP contribution in [0, 0.1) is 21.6 Å². The number of benzene rings is 4. The third kappa shape index (κ3) is 9.11. The number of nitrogens with zero attached hydrogens (tertiary/aromatic N) is 4. The largest absolute Gasteiger partial charge is 0.657 e. The first-order valence-corrected chi connectivity index (χ1v) is 19.9. The maximum absolute atomic E-state index is 7.74. The van der Waals surface area contributed by atoms with Crippen molar-refractivity contribution in [1.29, 1.82) is 21.6 Å². The van der Waals surface area contributed by atoms with Gasteiger partial charge in [0.25, 0.3) is 0 Å². The van der Waals surface area contributed by atoms with Gasteiger partial charge in [0, 0.05) is 45.1 Å². The molecule has 8 bridgehead atoms. The summed E-state index contributed by atoms with van der Waals surface area (Å²) in [7, 11) is 0. The van der Waals surface area contributed by atoms with Gasteiger partial charge in [0.1, 0.15) is 0 Å². The molecule has 17 heteroatoms. The van der Waals surface area contributed by atoms with Crippen LogP contribution in [0.25, 0.3) is 90.9 Å². The van der Waals surface area contributed by atoms with Crippen LogP contribution in [0.3, 0.4) is 0 Å².